The molecule has 0 N–H and O–H groups in total. The summed E-state index contributed by atoms with van der Waals surface area (Å²) < 4.78 is 2.00. The summed E-state index contributed by atoms with van der Waals surface area (Å²) in [6.07, 6.45) is 0. The first-order valence-corrected chi connectivity index (χ1v) is 6.86. The zero-order valence-electron chi connectivity index (χ0n) is 10.4. The molecule has 2 heterocycles. The maximum absolute atomic E-state index is 6.16. The monoisotopic (exact) mass is 269 g/mol. The van der Waals surface area contributed by atoms with E-state index in [0.29, 0.717) is 5.28 Å². The van der Waals surface area contributed by atoms with Crippen LogP contribution in [0.3, 0.4) is 0 Å². The van der Waals surface area contributed by atoms with Gasteiger partial charge in [0.25, 0.3) is 0 Å². The maximum Gasteiger partial charge on any atom is 0.225 e. The Kier molecular flexibility index (Phi) is 3.27. The van der Waals surface area contributed by atoms with E-state index in [1.165, 1.54) is 5.56 Å². The van der Waals surface area contributed by atoms with Gasteiger partial charge in [-0.2, -0.15) is 11.3 Å². The van der Waals surface area contributed by atoms with Gasteiger partial charge in [-0.05, 0) is 40.9 Å². The van der Waals surface area contributed by atoms with Crippen molar-refractivity contribution in [1.82, 2.24) is 14.8 Å². The van der Waals surface area contributed by atoms with Crippen LogP contribution in [0, 0.1) is 0 Å². The molecule has 0 spiro atoms. The molecule has 1 unspecified atom stereocenters. The zero-order chi connectivity index (χ0) is 12.6. The van der Waals surface area contributed by atoms with Crippen molar-refractivity contribution in [3.8, 4) is 0 Å². The summed E-state index contributed by atoms with van der Waals surface area (Å²) in [7, 11) is 0. The Balaban J connectivity index is 2.48. The first kappa shape index (κ1) is 12.6. The summed E-state index contributed by atoms with van der Waals surface area (Å²) >= 11 is 7.84. The molecule has 0 aliphatic rings. The van der Waals surface area contributed by atoms with Crippen molar-refractivity contribution >= 4 is 22.9 Å². The summed E-state index contributed by atoms with van der Waals surface area (Å²) in [5, 5.41) is 12.9. The highest BCUT2D eigenvalue weighted by atomic mass is 35.5. The Morgan fingerprint density at radius 1 is 1.35 bits per heavy atom. The minimum Gasteiger partial charge on any atom is -0.294 e. The lowest BCUT2D eigenvalue weighted by Gasteiger charge is -2.22. The molecule has 0 aliphatic carbocycles. The van der Waals surface area contributed by atoms with E-state index in [1.54, 1.807) is 11.3 Å². The molecule has 0 aliphatic heterocycles. The van der Waals surface area contributed by atoms with Gasteiger partial charge in [0.1, 0.15) is 5.82 Å². The van der Waals surface area contributed by atoms with E-state index in [9.17, 15) is 0 Å². The summed E-state index contributed by atoms with van der Waals surface area (Å²) in [5.74, 6) is 0.918. The fourth-order valence-corrected chi connectivity index (χ4v) is 2.80. The number of hydrogen-bond acceptors (Lipinski definition) is 3. The molecular formula is C12H16ClN3S. The molecule has 1 atom stereocenters. The molecule has 17 heavy (non-hydrogen) atoms. The van der Waals surface area contributed by atoms with Gasteiger partial charge in [0.15, 0.2) is 0 Å². The number of nitrogens with zero attached hydrogens (tertiary/aromatic N) is 3. The average molecular weight is 270 g/mol. The average Bonchev–Trinajstić information content (AvgIpc) is 2.83. The summed E-state index contributed by atoms with van der Waals surface area (Å²) in [6, 6.07) is 2.27. The minimum absolute atomic E-state index is 0.0651. The molecular weight excluding hydrogens is 254 g/mol. The van der Waals surface area contributed by atoms with Crippen molar-refractivity contribution in [3.05, 3.63) is 33.5 Å². The Morgan fingerprint density at radius 2 is 2.06 bits per heavy atom. The van der Waals surface area contributed by atoms with E-state index in [4.69, 9.17) is 11.6 Å². The Morgan fingerprint density at radius 3 is 2.59 bits per heavy atom. The molecule has 0 saturated heterocycles. The third-order valence-electron chi connectivity index (χ3n) is 2.74. The van der Waals surface area contributed by atoms with Gasteiger partial charge in [-0.1, -0.05) is 20.8 Å². The SMILES string of the molecule is CC(c1ccsc1)n1c(Cl)nnc1C(C)(C)C. The molecule has 0 amide bonds. The van der Waals surface area contributed by atoms with E-state index >= 15 is 0 Å². The smallest absolute Gasteiger partial charge is 0.225 e. The van der Waals surface area contributed by atoms with Gasteiger partial charge in [-0.15, -0.1) is 10.2 Å². The fraction of sp³-hybridized carbons (Fsp3) is 0.500. The number of hydrogen-bond donors (Lipinski definition) is 0. The molecule has 3 nitrogen and oxygen atoms in total. The Labute approximate surface area is 110 Å². The molecule has 2 rings (SSSR count). The van der Waals surface area contributed by atoms with E-state index in [0.717, 1.165) is 5.82 Å². The van der Waals surface area contributed by atoms with Crippen LogP contribution in [-0.4, -0.2) is 14.8 Å². The second kappa shape index (κ2) is 4.42. The Hall–Kier alpha value is -0.870. The zero-order valence-corrected chi connectivity index (χ0v) is 12.0. The maximum atomic E-state index is 6.16. The summed E-state index contributed by atoms with van der Waals surface area (Å²) in [4.78, 5) is 0. The van der Waals surface area contributed by atoms with Gasteiger partial charge in [0.05, 0.1) is 6.04 Å². The third kappa shape index (κ3) is 2.38. The first-order valence-electron chi connectivity index (χ1n) is 5.54. The van der Waals surface area contributed by atoms with Crippen molar-refractivity contribution in [1.29, 1.82) is 0 Å². The van der Waals surface area contributed by atoms with E-state index in [2.05, 4.69) is 54.7 Å². The normalized spacial score (nSPS) is 13.9. The van der Waals surface area contributed by atoms with E-state index in [-0.39, 0.29) is 11.5 Å². The molecule has 92 valence electrons. The second-order valence-electron chi connectivity index (χ2n) is 5.15. The first-order chi connectivity index (χ1) is 7.91. The predicted molar refractivity (Wildman–Crippen MR) is 71.9 cm³/mol. The highest BCUT2D eigenvalue weighted by molar-refractivity contribution is 7.07. The molecule has 0 fully saturated rings. The largest absolute Gasteiger partial charge is 0.294 e. The van der Waals surface area contributed by atoms with Crippen molar-refractivity contribution in [2.45, 2.75) is 39.2 Å². The van der Waals surface area contributed by atoms with Crippen LogP contribution >= 0.6 is 22.9 Å². The van der Waals surface area contributed by atoms with Gasteiger partial charge in [-0.25, -0.2) is 0 Å². The van der Waals surface area contributed by atoms with Gasteiger partial charge in [0, 0.05) is 5.41 Å². The van der Waals surface area contributed by atoms with Crippen molar-refractivity contribution in [2.24, 2.45) is 0 Å². The summed E-state index contributed by atoms with van der Waals surface area (Å²) in [6.45, 7) is 8.46. The Bertz CT molecular complexity index is 496. The highest BCUT2D eigenvalue weighted by Crippen LogP contribution is 2.30. The second-order valence-corrected chi connectivity index (χ2v) is 6.26. The van der Waals surface area contributed by atoms with Gasteiger partial charge >= 0.3 is 0 Å². The quantitative estimate of drug-likeness (QED) is 0.828. The molecule has 0 radical (unpaired) electrons. The van der Waals surface area contributed by atoms with E-state index in [1.807, 2.05) is 4.57 Å². The van der Waals surface area contributed by atoms with Crippen molar-refractivity contribution in [2.75, 3.05) is 0 Å². The predicted octanol–water partition coefficient (Wildman–Crippen LogP) is 3.90. The highest BCUT2D eigenvalue weighted by Gasteiger charge is 2.26. The lowest BCUT2D eigenvalue weighted by molar-refractivity contribution is 0.482. The van der Waals surface area contributed by atoms with Gasteiger partial charge in [0.2, 0.25) is 5.28 Å². The fourth-order valence-electron chi connectivity index (χ4n) is 1.79. The van der Waals surface area contributed by atoms with Crippen molar-refractivity contribution in [3.63, 3.8) is 0 Å². The van der Waals surface area contributed by atoms with Crippen LogP contribution in [0.2, 0.25) is 5.28 Å². The molecule has 5 heteroatoms. The molecule has 2 aromatic heterocycles. The third-order valence-corrected chi connectivity index (χ3v) is 3.70. The molecule has 0 bridgehead atoms. The topological polar surface area (TPSA) is 30.7 Å². The summed E-state index contributed by atoms with van der Waals surface area (Å²) in [5.41, 5.74) is 1.17. The van der Waals surface area contributed by atoms with Crippen LogP contribution in [0.1, 0.15) is 45.1 Å². The van der Waals surface area contributed by atoms with Crippen LogP contribution in [0.15, 0.2) is 16.8 Å². The van der Waals surface area contributed by atoms with Gasteiger partial charge < -0.3 is 0 Å². The number of halogens is 1. The lowest BCUT2D eigenvalue weighted by atomic mass is 9.95. The van der Waals surface area contributed by atoms with Crippen LogP contribution in [0.5, 0.6) is 0 Å². The molecule has 0 saturated carbocycles. The standard InChI is InChI=1S/C12H16ClN3S/c1-8(9-5-6-17-7-9)16-10(12(2,3)4)14-15-11(16)13/h5-8H,1-4H3. The number of thiophene rings is 1. The van der Waals surface area contributed by atoms with Crippen LogP contribution < -0.4 is 0 Å². The minimum atomic E-state index is -0.0651. The van der Waals surface area contributed by atoms with Crippen LogP contribution in [0.25, 0.3) is 0 Å². The van der Waals surface area contributed by atoms with Crippen LogP contribution in [0.4, 0.5) is 0 Å². The van der Waals surface area contributed by atoms with E-state index < -0.39 is 0 Å². The molecule has 0 aromatic carbocycles. The van der Waals surface area contributed by atoms with Gasteiger partial charge in [-0.3, -0.25) is 4.57 Å². The van der Waals surface area contributed by atoms with Crippen LogP contribution in [-0.2, 0) is 5.41 Å². The lowest BCUT2D eigenvalue weighted by Crippen LogP contribution is -2.21. The number of rotatable bonds is 2. The number of aromatic nitrogens is 3. The van der Waals surface area contributed by atoms with Crippen molar-refractivity contribution < 1.29 is 0 Å². The molecule has 2 aromatic rings.